The Morgan fingerprint density at radius 1 is 1.24 bits per heavy atom. The van der Waals surface area contributed by atoms with Crippen LogP contribution in [-0.4, -0.2) is 38.3 Å². The van der Waals surface area contributed by atoms with E-state index < -0.39 is 10.2 Å². The van der Waals surface area contributed by atoms with Crippen molar-refractivity contribution in [2.75, 3.05) is 24.4 Å². The van der Waals surface area contributed by atoms with Gasteiger partial charge in [0.05, 0.1) is 5.69 Å². The van der Waals surface area contributed by atoms with Gasteiger partial charge in [0.15, 0.2) is 0 Å². The molecule has 21 heavy (non-hydrogen) atoms. The molecule has 1 aliphatic heterocycles. The molecule has 0 aliphatic carbocycles. The van der Waals surface area contributed by atoms with Crippen LogP contribution in [0.15, 0.2) is 24.3 Å². The summed E-state index contributed by atoms with van der Waals surface area (Å²) in [5.74, 6) is 0.469. The van der Waals surface area contributed by atoms with Crippen molar-refractivity contribution in [1.82, 2.24) is 4.31 Å². The van der Waals surface area contributed by atoms with Crippen molar-refractivity contribution in [3.63, 3.8) is 0 Å². The largest absolute Gasteiger partial charge is 0.486 e. The van der Waals surface area contributed by atoms with E-state index in [1.807, 2.05) is 0 Å². The van der Waals surface area contributed by atoms with Crippen molar-refractivity contribution in [3.8, 4) is 5.75 Å². The SMILES string of the molecule is N=C(N)COc1ccc(NS(=O)(=O)N2CCCCC2)cc1. The molecule has 4 N–H and O–H groups in total. The highest BCUT2D eigenvalue weighted by Gasteiger charge is 2.23. The topological polar surface area (TPSA) is 109 Å². The average Bonchev–Trinajstić information content (AvgIpc) is 2.47. The molecule has 1 aliphatic rings. The molecule has 0 unspecified atom stereocenters. The van der Waals surface area contributed by atoms with Gasteiger partial charge in [-0.15, -0.1) is 0 Å². The predicted octanol–water partition coefficient (Wildman–Crippen LogP) is 1.14. The lowest BCUT2D eigenvalue weighted by Crippen LogP contribution is -2.39. The van der Waals surface area contributed by atoms with Crippen LogP contribution in [0.1, 0.15) is 19.3 Å². The van der Waals surface area contributed by atoms with E-state index in [1.165, 1.54) is 4.31 Å². The number of rotatable bonds is 6. The van der Waals surface area contributed by atoms with Gasteiger partial charge in [-0.1, -0.05) is 6.42 Å². The van der Waals surface area contributed by atoms with Crippen LogP contribution >= 0.6 is 0 Å². The lowest BCUT2D eigenvalue weighted by Gasteiger charge is -2.26. The zero-order valence-corrected chi connectivity index (χ0v) is 12.5. The monoisotopic (exact) mass is 312 g/mol. The Bertz CT molecular complexity index is 580. The third kappa shape index (κ3) is 4.61. The van der Waals surface area contributed by atoms with Gasteiger partial charge in [0.2, 0.25) is 0 Å². The standard InChI is InChI=1S/C13H20N4O3S/c14-13(15)10-20-12-6-4-11(5-7-12)16-21(18,19)17-8-2-1-3-9-17/h4-7,16H,1-3,8-10H2,(H3,14,15). The lowest BCUT2D eigenvalue weighted by molar-refractivity contribution is 0.349. The van der Waals surface area contributed by atoms with E-state index in [2.05, 4.69) is 4.72 Å². The molecule has 0 amide bonds. The summed E-state index contributed by atoms with van der Waals surface area (Å²) in [7, 11) is -3.49. The first kappa shape index (κ1) is 15.6. The van der Waals surface area contributed by atoms with E-state index in [1.54, 1.807) is 24.3 Å². The third-order valence-electron chi connectivity index (χ3n) is 3.15. The number of benzene rings is 1. The normalized spacial score (nSPS) is 16.4. The van der Waals surface area contributed by atoms with Gasteiger partial charge in [0.25, 0.3) is 0 Å². The summed E-state index contributed by atoms with van der Waals surface area (Å²) < 4.78 is 33.6. The molecule has 116 valence electrons. The highest BCUT2D eigenvalue weighted by atomic mass is 32.2. The summed E-state index contributed by atoms with van der Waals surface area (Å²) in [6.45, 7) is 1.14. The van der Waals surface area contributed by atoms with Crippen LogP contribution in [0.3, 0.4) is 0 Å². The highest BCUT2D eigenvalue weighted by Crippen LogP contribution is 2.19. The second-order valence-electron chi connectivity index (χ2n) is 4.91. The molecule has 8 heteroatoms. The smallest absolute Gasteiger partial charge is 0.301 e. The minimum atomic E-state index is -3.49. The minimum Gasteiger partial charge on any atom is -0.486 e. The maximum Gasteiger partial charge on any atom is 0.301 e. The number of hydrogen-bond donors (Lipinski definition) is 3. The Morgan fingerprint density at radius 3 is 2.43 bits per heavy atom. The van der Waals surface area contributed by atoms with Gasteiger partial charge in [-0.3, -0.25) is 10.1 Å². The van der Waals surface area contributed by atoms with E-state index >= 15 is 0 Å². The van der Waals surface area contributed by atoms with Gasteiger partial charge < -0.3 is 10.5 Å². The molecule has 0 spiro atoms. The van der Waals surface area contributed by atoms with Gasteiger partial charge in [0.1, 0.15) is 18.2 Å². The van der Waals surface area contributed by atoms with Crippen LogP contribution in [0, 0.1) is 5.41 Å². The molecule has 0 saturated carbocycles. The maximum absolute atomic E-state index is 12.2. The quantitative estimate of drug-likeness (QED) is 0.540. The molecule has 1 saturated heterocycles. The van der Waals surface area contributed by atoms with Crippen LogP contribution in [0.25, 0.3) is 0 Å². The van der Waals surface area contributed by atoms with E-state index in [9.17, 15) is 8.42 Å². The van der Waals surface area contributed by atoms with Gasteiger partial charge >= 0.3 is 10.2 Å². The molecule has 1 aromatic carbocycles. The number of nitrogens with two attached hydrogens (primary N) is 1. The summed E-state index contributed by atoms with van der Waals surface area (Å²) in [6.07, 6.45) is 2.88. The fraction of sp³-hybridized carbons (Fsp3) is 0.462. The van der Waals surface area contributed by atoms with Crippen LogP contribution < -0.4 is 15.2 Å². The fourth-order valence-electron chi connectivity index (χ4n) is 2.10. The van der Waals surface area contributed by atoms with Gasteiger partial charge in [-0.25, -0.2) is 0 Å². The molecule has 0 aromatic heterocycles. The van der Waals surface area contributed by atoms with Crippen molar-refractivity contribution in [3.05, 3.63) is 24.3 Å². The van der Waals surface area contributed by atoms with Crippen LogP contribution in [0.2, 0.25) is 0 Å². The van der Waals surface area contributed by atoms with Crippen molar-refractivity contribution >= 4 is 21.7 Å². The van der Waals surface area contributed by atoms with Crippen LogP contribution in [0.4, 0.5) is 5.69 Å². The summed E-state index contributed by atoms with van der Waals surface area (Å²) in [6, 6.07) is 6.52. The number of nitrogens with one attached hydrogen (secondary N) is 2. The number of nitrogens with zero attached hydrogens (tertiary/aromatic N) is 1. The first-order valence-electron chi connectivity index (χ1n) is 6.81. The first-order valence-corrected chi connectivity index (χ1v) is 8.25. The van der Waals surface area contributed by atoms with Gasteiger partial charge in [0, 0.05) is 13.1 Å². The Balaban J connectivity index is 1.97. The molecule has 0 bridgehead atoms. The maximum atomic E-state index is 12.2. The number of amidine groups is 1. The van der Waals surface area contributed by atoms with Gasteiger partial charge in [-0.2, -0.15) is 12.7 Å². The summed E-state index contributed by atoms with van der Waals surface area (Å²) in [5.41, 5.74) is 5.68. The lowest BCUT2D eigenvalue weighted by atomic mass is 10.2. The number of hydrogen-bond acceptors (Lipinski definition) is 4. The first-order chi connectivity index (χ1) is 9.97. The second-order valence-corrected chi connectivity index (χ2v) is 6.58. The highest BCUT2D eigenvalue weighted by molar-refractivity contribution is 7.90. The average molecular weight is 312 g/mol. The predicted molar refractivity (Wildman–Crippen MR) is 81.8 cm³/mol. The summed E-state index contributed by atoms with van der Waals surface area (Å²) in [4.78, 5) is 0. The second kappa shape index (κ2) is 6.77. The Kier molecular flexibility index (Phi) is 5.03. The molecule has 7 nitrogen and oxygen atoms in total. The van der Waals surface area contributed by atoms with Crippen molar-refractivity contribution < 1.29 is 13.2 Å². The zero-order chi connectivity index (χ0) is 15.3. The zero-order valence-electron chi connectivity index (χ0n) is 11.7. The number of piperidine rings is 1. The minimum absolute atomic E-state index is 0.0127. The molecule has 0 radical (unpaired) electrons. The van der Waals surface area contributed by atoms with E-state index in [4.69, 9.17) is 15.9 Å². The Labute approximate surface area is 124 Å². The number of ether oxygens (including phenoxy) is 1. The molecule has 0 atom stereocenters. The van der Waals surface area contributed by atoms with E-state index in [0.29, 0.717) is 24.5 Å². The summed E-state index contributed by atoms with van der Waals surface area (Å²) >= 11 is 0. The van der Waals surface area contributed by atoms with Gasteiger partial charge in [-0.05, 0) is 37.1 Å². The Hall–Kier alpha value is -1.80. The summed E-state index contributed by atoms with van der Waals surface area (Å²) in [5, 5.41) is 7.07. The molecule has 1 fully saturated rings. The fourth-order valence-corrected chi connectivity index (χ4v) is 3.40. The van der Waals surface area contributed by atoms with E-state index in [0.717, 1.165) is 19.3 Å². The van der Waals surface area contributed by atoms with Crippen LogP contribution in [0.5, 0.6) is 5.75 Å². The van der Waals surface area contributed by atoms with Crippen LogP contribution in [-0.2, 0) is 10.2 Å². The molecule has 1 aromatic rings. The van der Waals surface area contributed by atoms with E-state index in [-0.39, 0.29) is 12.4 Å². The molecular weight excluding hydrogens is 292 g/mol. The Morgan fingerprint density at radius 2 is 1.86 bits per heavy atom. The molecule has 2 rings (SSSR count). The van der Waals surface area contributed by atoms with Crippen molar-refractivity contribution in [2.24, 2.45) is 5.73 Å². The van der Waals surface area contributed by atoms with Crippen molar-refractivity contribution in [1.29, 1.82) is 5.41 Å². The number of anilines is 1. The molecule has 1 heterocycles. The third-order valence-corrected chi connectivity index (χ3v) is 4.69. The molecular formula is C13H20N4O3S. The van der Waals surface area contributed by atoms with Crippen molar-refractivity contribution in [2.45, 2.75) is 19.3 Å².